The largest absolute Gasteiger partial charge is 0.467 e. The summed E-state index contributed by atoms with van der Waals surface area (Å²) in [5, 5.41) is 8.60. The molecule has 2 aromatic rings. The molecule has 0 aliphatic carbocycles. The van der Waals surface area contributed by atoms with Gasteiger partial charge in [0, 0.05) is 19.2 Å². The van der Waals surface area contributed by atoms with Crippen molar-refractivity contribution in [1.29, 1.82) is 0 Å². The van der Waals surface area contributed by atoms with Crippen LogP contribution >= 0.6 is 0 Å². The monoisotopic (exact) mass is 424 g/mol. The highest BCUT2D eigenvalue weighted by Gasteiger charge is 2.32. The summed E-state index contributed by atoms with van der Waals surface area (Å²) in [6.07, 6.45) is -2.36. The Morgan fingerprint density at radius 2 is 2.03 bits per heavy atom. The SMILES string of the molecule is COCOc1cc(C(F)(F)F)ccc1-c1nnc(C(N)C2CCCN(C)C2)cc1C. The summed E-state index contributed by atoms with van der Waals surface area (Å²) in [6, 6.07) is 4.92. The van der Waals surface area contributed by atoms with Gasteiger partial charge in [0.2, 0.25) is 0 Å². The molecule has 2 heterocycles. The van der Waals surface area contributed by atoms with Crippen LogP contribution in [0.25, 0.3) is 11.3 Å². The first-order chi connectivity index (χ1) is 14.2. The molecule has 1 fully saturated rings. The Kier molecular flexibility index (Phi) is 6.95. The average molecular weight is 424 g/mol. The highest BCUT2D eigenvalue weighted by Crippen LogP contribution is 2.38. The maximum absolute atomic E-state index is 13.1. The Morgan fingerprint density at radius 3 is 2.67 bits per heavy atom. The van der Waals surface area contributed by atoms with E-state index < -0.39 is 11.7 Å². The molecular weight excluding hydrogens is 397 g/mol. The van der Waals surface area contributed by atoms with Gasteiger partial charge in [-0.3, -0.25) is 0 Å². The first-order valence-corrected chi connectivity index (χ1v) is 9.82. The Hall–Kier alpha value is -2.23. The van der Waals surface area contributed by atoms with Crippen LogP contribution in [0, 0.1) is 12.8 Å². The lowest BCUT2D eigenvalue weighted by Gasteiger charge is -2.33. The van der Waals surface area contributed by atoms with Gasteiger partial charge in [0.1, 0.15) is 5.75 Å². The number of nitrogens with two attached hydrogens (primary N) is 1. The number of piperidine rings is 1. The van der Waals surface area contributed by atoms with Crippen LogP contribution in [-0.4, -0.2) is 49.1 Å². The molecule has 6 nitrogen and oxygen atoms in total. The van der Waals surface area contributed by atoms with Crippen LogP contribution in [0.2, 0.25) is 0 Å². The number of alkyl halides is 3. The fourth-order valence-electron chi connectivity index (χ4n) is 3.81. The molecule has 164 valence electrons. The fraction of sp³-hybridized carbons (Fsp3) is 0.524. The first-order valence-electron chi connectivity index (χ1n) is 9.82. The van der Waals surface area contributed by atoms with Crippen molar-refractivity contribution in [3.05, 3.63) is 41.1 Å². The highest BCUT2D eigenvalue weighted by atomic mass is 19.4. The van der Waals surface area contributed by atoms with Gasteiger partial charge in [0.25, 0.3) is 0 Å². The summed E-state index contributed by atoms with van der Waals surface area (Å²) in [7, 11) is 3.47. The summed E-state index contributed by atoms with van der Waals surface area (Å²) in [5.41, 5.74) is 7.97. The lowest BCUT2D eigenvalue weighted by atomic mass is 9.89. The molecule has 2 N–H and O–H groups in total. The summed E-state index contributed by atoms with van der Waals surface area (Å²) >= 11 is 0. The van der Waals surface area contributed by atoms with Crippen molar-refractivity contribution in [2.24, 2.45) is 11.7 Å². The number of ether oxygens (including phenoxy) is 2. The van der Waals surface area contributed by atoms with Crippen molar-refractivity contribution in [2.75, 3.05) is 34.0 Å². The number of nitrogens with zero attached hydrogens (tertiary/aromatic N) is 3. The second-order valence-electron chi connectivity index (χ2n) is 7.75. The van der Waals surface area contributed by atoms with Crippen LogP contribution in [0.4, 0.5) is 13.2 Å². The van der Waals surface area contributed by atoms with E-state index in [2.05, 4.69) is 22.1 Å². The van der Waals surface area contributed by atoms with E-state index in [1.807, 2.05) is 13.0 Å². The van der Waals surface area contributed by atoms with Crippen molar-refractivity contribution in [1.82, 2.24) is 15.1 Å². The molecule has 3 rings (SSSR count). The highest BCUT2D eigenvalue weighted by molar-refractivity contribution is 5.70. The van der Waals surface area contributed by atoms with Crippen molar-refractivity contribution < 1.29 is 22.6 Å². The maximum atomic E-state index is 13.1. The molecule has 1 aromatic carbocycles. The van der Waals surface area contributed by atoms with E-state index >= 15 is 0 Å². The Bertz CT molecular complexity index is 876. The zero-order chi connectivity index (χ0) is 21.9. The van der Waals surface area contributed by atoms with Crippen LogP contribution in [0.3, 0.4) is 0 Å². The number of hydrogen-bond donors (Lipinski definition) is 1. The van der Waals surface area contributed by atoms with Crippen molar-refractivity contribution >= 4 is 0 Å². The third-order valence-corrected chi connectivity index (χ3v) is 5.41. The molecular formula is C21H27F3N4O2. The Balaban J connectivity index is 1.92. The number of aromatic nitrogens is 2. The van der Waals surface area contributed by atoms with Crippen molar-refractivity contribution in [3.8, 4) is 17.0 Å². The Labute approximate surface area is 174 Å². The van der Waals surface area contributed by atoms with Gasteiger partial charge in [-0.1, -0.05) is 0 Å². The predicted octanol–water partition coefficient (Wildman–Crippen LogP) is 3.80. The summed E-state index contributed by atoms with van der Waals surface area (Å²) < 4.78 is 49.6. The Morgan fingerprint density at radius 1 is 1.27 bits per heavy atom. The topological polar surface area (TPSA) is 73.5 Å². The van der Waals surface area contributed by atoms with Crippen LogP contribution in [0.5, 0.6) is 5.75 Å². The second-order valence-corrected chi connectivity index (χ2v) is 7.75. The molecule has 9 heteroatoms. The molecule has 2 atom stereocenters. The average Bonchev–Trinajstić information content (AvgIpc) is 2.71. The molecule has 0 saturated carbocycles. The van der Waals surface area contributed by atoms with Gasteiger partial charge in [0.15, 0.2) is 6.79 Å². The van der Waals surface area contributed by atoms with E-state index in [4.69, 9.17) is 15.2 Å². The van der Waals surface area contributed by atoms with Crippen LogP contribution in [-0.2, 0) is 10.9 Å². The van der Waals surface area contributed by atoms with Gasteiger partial charge in [0.05, 0.1) is 23.0 Å². The van der Waals surface area contributed by atoms with Crippen molar-refractivity contribution in [3.63, 3.8) is 0 Å². The number of aryl methyl sites for hydroxylation is 1. The minimum atomic E-state index is -4.48. The van der Waals surface area contributed by atoms with E-state index in [1.165, 1.54) is 13.2 Å². The lowest BCUT2D eigenvalue weighted by molar-refractivity contribution is -0.137. The molecule has 1 aromatic heterocycles. The van der Waals surface area contributed by atoms with Gasteiger partial charge in [-0.15, -0.1) is 5.10 Å². The first kappa shape index (κ1) is 22.5. The van der Waals surface area contributed by atoms with Crippen LogP contribution in [0.15, 0.2) is 24.3 Å². The van der Waals surface area contributed by atoms with E-state index in [0.29, 0.717) is 17.0 Å². The number of methoxy groups -OCH3 is 1. The molecule has 30 heavy (non-hydrogen) atoms. The van der Waals surface area contributed by atoms with Gasteiger partial charge in [-0.25, -0.2) is 0 Å². The molecule has 1 aliphatic heterocycles. The second kappa shape index (κ2) is 9.28. The smallest absolute Gasteiger partial charge is 0.416 e. The van der Waals surface area contributed by atoms with Gasteiger partial charge >= 0.3 is 6.18 Å². The molecule has 1 aliphatic rings. The third-order valence-electron chi connectivity index (χ3n) is 5.41. The van der Waals surface area contributed by atoms with Crippen LogP contribution < -0.4 is 10.5 Å². The quantitative estimate of drug-likeness (QED) is 0.712. The lowest BCUT2D eigenvalue weighted by Crippen LogP contribution is -2.38. The predicted molar refractivity (Wildman–Crippen MR) is 107 cm³/mol. The van der Waals surface area contributed by atoms with Crippen LogP contribution in [0.1, 0.15) is 35.7 Å². The number of halogens is 3. The van der Waals surface area contributed by atoms with Gasteiger partial charge in [-0.05, 0) is 69.1 Å². The minimum absolute atomic E-state index is 0.0371. The fourth-order valence-corrected chi connectivity index (χ4v) is 3.81. The number of hydrogen-bond acceptors (Lipinski definition) is 6. The maximum Gasteiger partial charge on any atom is 0.416 e. The summed E-state index contributed by atoms with van der Waals surface area (Å²) in [6.45, 7) is 3.62. The summed E-state index contributed by atoms with van der Waals surface area (Å²) in [5.74, 6) is 0.324. The molecule has 0 bridgehead atoms. The molecule has 0 amide bonds. The van der Waals surface area contributed by atoms with Gasteiger partial charge in [-0.2, -0.15) is 18.3 Å². The third kappa shape index (κ3) is 5.08. The van der Waals surface area contributed by atoms with Crippen molar-refractivity contribution in [2.45, 2.75) is 32.0 Å². The minimum Gasteiger partial charge on any atom is -0.467 e. The zero-order valence-electron chi connectivity index (χ0n) is 17.4. The number of rotatable bonds is 6. The molecule has 2 unspecified atom stereocenters. The molecule has 1 saturated heterocycles. The van der Waals surface area contributed by atoms with Gasteiger partial charge < -0.3 is 20.1 Å². The molecule has 0 spiro atoms. The summed E-state index contributed by atoms with van der Waals surface area (Å²) in [4.78, 5) is 2.25. The number of likely N-dealkylation sites (tertiary alicyclic amines) is 1. The van der Waals surface area contributed by atoms with E-state index in [9.17, 15) is 13.2 Å². The molecule has 0 radical (unpaired) electrons. The van der Waals surface area contributed by atoms with E-state index in [1.54, 1.807) is 0 Å². The zero-order valence-corrected chi connectivity index (χ0v) is 17.4. The standard InChI is InChI=1S/C21H27F3N4O2/c1-13-9-17(19(25)14-5-4-8-28(2)11-14)26-27-20(13)16-7-6-15(21(22,23)24)10-18(16)30-12-29-3/h6-7,9-10,14,19H,4-5,8,11-12,25H2,1-3H3. The van der Waals surface area contributed by atoms with E-state index in [0.717, 1.165) is 43.6 Å². The van der Waals surface area contributed by atoms with E-state index in [-0.39, 0.29) is 24.5 Å². The normalized spacial score (nSPS) is 19.0. The number of benzene rings is 1.